The second-order valence-corrected chi connectivity index (χ2v) is 7.80. The molecule has 1 aromatic carbocycles. The van der Waals surface area contributed by atoms with Crippen molar-refractivity contribution in [3.8, 4) is 0 Å². The molecular weight excluding hydrogens is 416 g/mol. The summed E-state index contributed by atoms with van der Waals surface area (Å²) in [5.41, 5.74) is 2.44. The largest absolute Gasteiger partial charge is 0.319 e. The molecule has 0 aliphatic rings. The maximum atomic E-state index is 12.4. The Morgan fingerprint density at radius 3 is 2.76 bits per heavy atom. The SMILES string of the molecule is Cc1ccc2cccc(NC(=O)c3sc(Br)cc3Br)c2n1. The summed E-state index contributed by atoms with van der Waals surface area (Å²) in [6.45, 7) is 1.94. The molecule has 0 spiro atoms. The van der Waals surface area contributed by atoms with E-state index in [1.807, 2.05) is 43.3 Å². The molecule has 1 N–H and O–H groups in total. The Morgan fingerprint density at radius 2 is 2.05 bits per heavy atom. The van der Waals surface area contributed by atoms with Gasteiger partial charge in [-0.25, -0.2) is 0 Å². The van der Waals surface area contributed by atoms with Gasteiger partial charge in [-0.1, -0.05) is 18.2 Å². The molecule has 6 heteroatoms. The molecule has 106 valence electrons. The maximum absolute atomic E-state index is 12.4. The highest BCUT2D eigenvalue weighted by Crippen LogP contribution is 2.32. The molecule has 0 aliphatic carbocycles. The summed E-state index contributed by atoms with van der Waals surface area (Å²) in [5, 5.41) is 3.95. The van der Waals surface area contributed by atoms with E-state index in [9.17, 15) is 4.79 Å². The number of nitrogens with one attached hydrogen (secondary N) is 1. The summed E-state index contributed by atoms with van der Waals surface area (Å²) < 4.78 is 1.69. The average Bonchev–Trinajstić information content (AvgIpc) is 2.78. The van der Waals surface area contributed by atoms with Crippen LogP contribution in [0.4, 0.5) is 5.69 Å². The number of halogens is 2. The van der Waals surface area contributed by atoms with Crippen molar-refractivity contribution in [3.05, 3.63) is 55.2 Å². The molecular formula is C15H10Br2N2OS. The summed E-state index contributed by atoms with van der Waals surface area (Å²) in [4.78, 5) is 17.5. The Kier molecular flexibility index (Phi) is 4.10. The summed E-state index contributed by atoms with van der Waals surface area (Å²) in [6, 6.07) is 11.6. The van der Waals surface area contributed by atoms with Gasteiger partial charge in [0.15, 0.2) is 0 Å². The Hall–Kier alpha value is -1.24. The first-order valence-electron chi connectivity index (χ1n) is 6.17. The molecule has 0 atom stereocenters. The van der Waals surface area contributed by atoms with Crippen LogP contribution in [0.2, 0.25) is 0 Å². The molecule has 2 aromatic heterocycles. The molecule has 3 rings (SSSR count). The van der Waals surface area contributed by atoms with Gasteiger partial charge in [-0.05, 0) is 57.0 Å². The lowest BCUT2D eigenvalue weighted by Crippen LogP contribution is -2.11. The number of para-hydroxylation sites is 1. The van der Waals surface area contributed by atoms with Crippen LogP contribution in [0.25, 0.3) is 10.9 Å². The molecule has 0 bridgehead atoms. The molecule has 0 fully saturated rings. The molecule has 3 aromatic rings. The van der Waals surface area contributed by atoms with Crippen molar-refractivity contribution in [2.24, 2.45) is 0 Å². The van der Waals surface area contributed by atoms with Crippen LogP contribution in [-0.2, 0) is 0 Å². The van der Waals surface area contributed by atoms with Crippen molar-refractivity contribution in [1.82, 2.24) is 4.98 Å². The zero-order valence-electron chi connectivity index (χ0n) is 11.0. The molecule has 0 unspecified atom stereocenters. The standard InChI is InChI=1S/C15H10Br2N2OS/c1-8-5-6-9-3-2-4-11(13(9)18-8)19-15(20)14-10(16)7-12(17)21-14/h2-7H,1H3,(H,19,20). The number of carbonyl (C=O) groups is 1. The van der Waals surface area contributed by atoms with Crippen molar-refractivity contribution >= 4 is 65.7 Å². The van der Waals surface area contributed by atoms with Gasteiger partial charge in [-0.2, -0.15) is 0 Å². The first-order chi connectivity index (χ1) is 10.0. The van der Waals surface area contributed by atoms with Crippen LogP contribution < -0.4 is 5.32 Å². The number of aromatic nitrogens is 1. The van der Waals surface area contributed by atoms with Gasteiger partial charge in [0.25, 0.3) is 5.91 Å². The van der Waals surface area contributed by atoms with E-state index in [1.54, 1.807) is 0 Å². The highest BCUT2D eigenvalue weighted by Gasteiger charge is 2.15. The summed E-state index contributed by atoms with van der Waals surface area (Å²) >= 11 is 8.17. The van der Waals surface area contributed by atoms with Gasteiger partial charge in [-0.15, -0.1) is 11.3 Å². The third-order valence-corrected chi connectivity index (χ3v) is 5.50. The van der Waals surface area contributed by atoms with Crippen LogP contribution in [0.15, 0.2) is 44.7 Å². The van der Waals surface area contributed by atoms with Crippen molar-refractivity contribution in [2.45, 2.75) is 6.92 Å². The lowest BCUT2D eigenvalue weighted by Gasteiger charge is -2.08. The predicted molar refractivity (Wildman–Crippen MR) is 94.2 cm³/mol. The minimum Gasteiger partial charge on any atom is -0.319 e. The van der Waals surface area contributed by atoms with Crippen molar-refractivity contribution in [1.29, 1.82) is 0 Å². The fourth-order valence-corrected chi connectivity index (χ4v) is 4.52. The normalized spacial score (nSPS) is 10.8. The number of amides is 1. The van der Waals surface area contributed by atoms with Crippen LogP contribution in [0, 0.1) is 6.92 Å². The maximum Gasteiger partial charge on any atom is 0.266 e. The number of rotatable bonds is 2. The first-order valence-corrected chi connectivity index (χ1v) is 8.57. The number of pyridine rings is 1. The fraction of sp³-hybridized carbons (Fsp3) is 0.0667. The van der Waals surface area contributed by atoms with Gasteiger partial charge in [0, 0.05) is 15.6 Å². The van der Waals surface area contributed by atoms with Crippen molar-refractivity contribution in [2.75, 3.05) is 5.32 Å². The van der Waals surface area contributed by atoms with Crippen LogP contribution >= 0.6 is 43.2 Å². The van der Waals surface area contributed by atoms with Gasteiger partial charge in [0.05, 0.1) is 15.0 Å². The van der Waals surface area contributed by atoms with E-state index in [-0.39, 0.29) is 5.91 Å². The molecule has 0 saturated heterocycles. The van der Waals surface area contributed by atoms with Gasteiger partial charge >= 0.3 is 0 Å². The third kappa shape index (κ3) is 3.02. The molecule has 0 saturated carbocycles. The number of fused-ring (bicyclic) bond motifs is 1. The van der Waals surface area contributed by atoms with Crippen LogP contribution in [-0.4, -0.2) is 10.9 Å². The van der Waals surface area contributed by atoms with Gasteiger partial charge in [0.1, 0.15) is 4.88 Å². The van der Waals surface area contributed by atoms with Crippen LogP contribution in [0.1, 0.15) is 15.4 Å². The van der Waals surface area contributed by atoms with E-state index >= 15 is 0 Å². The Morgan fingerprint density at radius 1 is 1.24 bits per heavy atom. The molecule has 1 amide bonds. The summed E-state index contributed by atoms with van der Waals surface area (Å²) in [6.07, 6.45) is 0. The Labute approximate surface area is 142 Å². The van der Waals surface area contributed by atoms with Crippen molar-refractivity contribution in [3.63, 3.8) is 0 Å². The van der Waals surface area contributed by atoms with E-state index in [2.05, 4.69) is 42.2 Å². The summed E-state index contributed by atoms with van der Waals surface area (Å²) in [5.74, 6) is -0.145. The molecule has 21 heavy (non-hydrogen) atoms. The number of thiophene rings is 1. The molecule has 2 heterocycles. The van der Waals surface area contributed by atoms with E-state index in [1.165, 1.54) is 11.3 Å². The zero-order valence-corrected chi connectivity index (χ0v) is 15.0. The van der Waals surface area contributed by atoms with E-state index < -0.39 is 0 Å². The Bertz CT molecular complexity index is 845. The van der Waals surface area contributed by atoms with Crippen LogP contribution in [0.3, 0.4) is 0 Å². The van der Waals surface area contributed by atoms with Crippen LogP contribution in [0.5, 0.6) is 0 Å². The van der Waals surface area contributed by atoms with Gasteiger partial charge < -0.3 is 5.32 Å². The zero-order chi connectivity index (χ0) is 15.0. The molecule has 3 nitrogen and oxygen atoms in total. The minimum absolute atomic E-state index is 0.145. The number of aryl methyl sites for hydroxylation is 1. The minimum atomic E-state index is -0.145. The van der Waals surface area contributed by atoms with Gasteiger partial charge in [-0.3, -0.25) is 9.78 Å². The van der Waals surface area contributed by atoms with Crippen molar-refractivity contribution < 1.29 is 4.79 Å². The average molecular weight is 426 g/mol. The second kappa shape index (κ2) is 5.87. The Balaban J connectivity index is 2.00. The second-order valence-electron chi connectivity index (χ2n) is 4.51. The van der Waals surface area contributed by atoms with Gasteiger partial charge in [0.2, 0.25) is 0 Å². The highest BCUT2D eigenvalue weighted by atomic mass is 79.9. The third-order valence-electron chi connectivity index (χ3n) is 2.97. The molecule has 0 aliphatic heterocycles. The number of hydrogen-bond donors (Lipinski definition) is 1. The number of carbonyl (C=O) groups excluding carboxylic acids is 1. The number of anilines is 1. The topological polar surface area (TPSA) is 42.0 Å². The quantitative estimate of drug-likeness (QED) is 0.598. The lowest BCUT2D eigenvalue weighted by atomic mass is 10.1. The first kappa shape index (κ1) is 14.7. The van der Waals surface area contributed by atoms with E-state index in [0.29, 0.717) is 4.88 Å². The van der Waals surface area contributed by atoms with E-state index in [4.69, 9.17) is 0 Å². The highest BCUT2D eigenvalue weighted by molar-refractivity contribution is 9.11. The summed E-state index contributed by atoms with van der Waals surface area (Å²) in [7, 11) is 0. The van der Waals surface area contributed by atoms with E-state index in [0.717, 1.165) is 30.5 Å². The lowest BCUT2D eigenvalue weighted by molar-refractivity contribution is 0.103. The number of benzene rings is 1. The monoisotopic (exact) mass is 424 g/mol. The smallest absolute Gasteiger partial charge is 0.266 e. The number of hydrogen-bond acceptors (Lipinski definition) is 3. The fourth-order valence-electron chi connectivity index (χ4n) is 2.02. The number of nitrogens with zero attached hydrogens (tertiary/aromatic N) is 1. The molecule has 0 radical (unpaired) electrons. The predicted octanol–water partition coefficient (Wildman–Crippen LogP) is 5.38.